The predicted molar refractivity (Wildman–Crippen MR) is 127 cm³/mol. The lowest BCUT2D eigenvalue weighted by Gasteiger charge is -2.12. The maximum absolute atomic E-state index is 4.95. The number of aromatic amines is 1. The molecule has 5 aromatic rings. The van der Waals surface area contributed by atoms with Gasteiger partial charge in [0.2, 0.25) is 0 Å². The fourth-order valence-corrected chi connectivity index (χ4v) is 4.30. The van der Waals surface area contributed by atoms with E-state index in [4.69, 9.17) is 4.98 Å². The van der Waals surface area contributed by atoms with Gasteiger partial charge in [0.15, 0.2) is 5.82 Å². The van der Waals surface area contributed by atoms with E-state index >= 15 is 0 Å². The summed E-state index contributed by atoms with van der Waals surface area (Å²) in [4.78, 5) is 4.95. The molecule has 0 unspecified atom stereocenters. The van der Waals surface area contributed by atoms with Crippen LogP contribution in [-0.2, 0) is 13.0 Å². The number of hydrogen-bond donors (Lipinski definition) is 1. The van der Waals surface area contributed by atoms with Crippen LogP contribution in [0, 0.1) is 6.92 Å². The molecule has 6 nitrogen and oxygen atoms in total. The second kappa shape index (κ2) is 8.75. The van der Waals surface area contributed by atoms with E-state index in [1.165, 1.54) is 22.5 Å². The third-order valence-corrected chi connectivity index (χ3v) is 5.93. The van der Waals surface area contributed by atoms with E-state index in [1.807, 2.05) is 18.2 Å². The highest BCUT2D eigenvalue weighted by molar-refractivity contribution is 5.81. The molecule has 0 saturated carbocycles. The largest absolute Gasteiger partial charge is 0.323 e. The quantitative estimate of drug-likeness (QED) is 0.371. The molecule has 1 N–H and O–H groups in total. The average molecular weight is 423 g/mol. The van der Waals surface area contributed by atoms with Gasteiger partial charge >= 0.3 is 0 Å². The molecule has 32 heavy (non-hydrogen) atoms. The lowest BCUT2D eigenvalue weighted by atomic mass is 9.98. The number of hydrogen-bond acceptors (Lipinski definition) is 4. The standard InChI is InChI=1S/C26H26N6/c1-3-4-12-24-27-23-11-7-8-18(2)25(23)32(24)17-19-13-15-20(16-14-19)21-9-5-6-10-22(21)26-28-30-31-29-26/h5-11,13-16H,3-4,12,17H2,1-2H3,(H,28,29,30,31). The Balaban J connectivity index is 1.49. The smallest absolute Gasteiger partial charge is 0.180 e. The molecule has 0 atom stereocenters. The van der Waals surface area contributed by atoms with Crippen LogP contribution in [0.5, 0.6) is 0 Å². The highest BCUT2D eigenvalue weighted by Crippen LogP contribution is 2.30. The van der Waals surface area contributed by atoms with E-state index in [1.54, 1.807) is 0 Å². The van der Waals surface area contributed by atoms with Gasteiger partial charge in [-0.05, 0) is 52.1 Å². The minimum atomic E-state index is 0.672. The van der Waals surface area contributed by atoms with Gasteiger partial charge < -0.3 is 4.57 Å². The molecule has 2 heterocycles. The first kappa shape index (κ1) is 20.1. The van der Waals surface area contributed by atoms with E-state index in [0.29, 0.717) is 5.82 Å². The highest BCUT2D eigenvalue weighted by atomic mass is 15.5. The summed E-state index contributed by atoms with van der Waals surface area (Å²) in [5, 5.41) is 14.4. The zero-order valence-corrected chi connectivity index (χ0v) is 18.4. The first-order valence-electron chi connectivity index (χ1n) is 11.1. The van der Waals surface area contributed by atoms with Crippen molar-refractivity contribution >= 4 is 11.0 Å². The number of unbranched alkanes of at least 4 members (excludes halogenated alkanes) is 1. The Morgan fingerprint density at radius 1 is 0.906 bits per heavy atom. The fourth-order valence-electron chi connectivity index (χ4n) is 4.30. The Bertz CT molecular complexity index is 1330. The number of aryl methyl sites for hydroxylation is 2. The highest BCUT2D eigenvalue weighted by Gasteiger charge is 2.14. The van der Waals surface area contributed by atoms with Crippen molar-refractivity contribution in [2.45, 2.75) is 39.7 Å². The van der Waals surface area contributed by atoms with Gasteiger partial charge in [-0.25, -0.2) is 10.1 Å². The molecule has 0 aliphatic heterocycles. The minimum Gasteiger partial charge on any atom is -0.323 e. The number of tetrazole rings is 1. The number of nitrogens with zero attached hydrogens (tertiary/aromatic N) is 5. The average Bonchev–Trinajstić information content (AvgIpc) is 3.47. The molecule has 0 bridgehead atoms. The van der Waals surface area contributed by atoms with Crippen LogP contribution in [0.15, 0.2) is 66.7 Å². The SMILES string of the molecule is CCCCc1nc2cccc(C)c2n1Cc1ccc(-c2ccccc2-c2nnn[nH]2)cc1. The molecule has 0 amide bonds. The van der Waals surface area contributed by atoms with Crippen LogP contribution in [0.1, 0.15) is 36.7 Å². The summed E-state index contributed by atoms with van der Waals surface area (Å²) in [7, 11) is 0. The molecule has 0 fully saturated rings. The van der Waals surface area contributed by atoms with Gasteiger partial charge in [-0.3, -0.25) is 0 Å². The Kier molecular flexibility index (Phi) is 5.50. The van der Waals surface area contributed by atoms with E-state index in [-0.39, 0.29) is 0 Å². The van der Waals surface area contributed by atoms with Crippen molar-refractivity contribution in [1.82, 2.24) is 30.2 Å². The second-order valence-electron chi connectivity index (χ2n) is 8.15. The van der Waals surface area contributed by atoms with Gasteiger partial charge in [-0.2, -0.15) is 0 Å². The third-order valence-electron chi connectivity index (χ3n) is 5.93. The van der Waals surface area contributed by atoms with Crippen LogP contribution in [0.4, 0.5) is 0 Å². The van der Waals surface area contributed by atoms with Crippen LogP contribution in [-0.4, -0.2) is 30.2 Å². The van der Waals surface area contributed by atoms with E-state index < -0.39 is 0 Å². The molecule has 3 aromatic carbocycles. The number of H-pyrrole nitrogens is 1. The van der Waals surface area contributed by atoms with Crippen LogP contribution in [0.3, 0.4) is 0 Å². The van der Waals surface area contributed by atoms with Gasteiger partial charge in [-0.1, -0.05) is 74.0 Å². The summed E-state index contributed by atoms with van der Waals surface area (Å²) in [6.45, 7) is 5.21. The van der Waals surface area contributed by atoms with Crippen molar-refractivity contribution in [3.05, 3.63) is 83.7 Å². The number of para-hydroxylation sites is 1. The summed E-state index contributed by atoms with van der Waals surface area (Å²) in [6, 6.07) is 23.3. The lowest BCUT2D eigenvalue weighted by molar-refractivity contribution is 0.689. The van der Waals surface area contributed by atoms with Crippen molar-refractivity contribution in [2.24, 2.45) is 0 Å². The molecular weight excluding hydrogens is 396 g/mol. The molecule has 5 rings (SSSR count). The van der Waals surface area contributed by atoms with Crippen LogP contribution in [0.2, 0.25) is 0 Å². The van der Waals surface area contributed by atoms with Gasteiger partial charge in [0.1, 0.15) is 5.82 Å². The van der Waals surface area contributed by atoms with Crippen molar-refractivity contribution in [3.63, 3.8) is 0 Å². The summed E-state index contributed by atoms with van der Waals surface area (Å²) in [5.41, 5.74) is 8.08. The molecule has 0 saturated heterocycles. The monoisotopic (exact) mass is 422 g/mol. The molecule has 6 heteroatoms. The summed E-state index contributed by atoms with van der Waals surface area (Å²) < 4.78 is 2.39. The second-order valence-corrected chi connectivity index (χ2v) is 8.15. The van der Waals surface area contributed by atoms with Gasteiger partial charge in [0.05, 0.1) is 11.0 Å². The van der Waals surface area contributed by atoms with Crippen molar-refractivity contribution in [3.8, 4) is 22.5 Å². The lowest BCUT2D eigenvalue weighted by Crippen LogP contribution is -2.06. The molecule has 0 spiro atoms. The molecular formula is C26H26N6. The van der Waals surface area contributed by atoms with E-state index in [9.17, 15) is 0 Å². The number of benzene rings is 3. The van der Waals surface area contributed by atoms with Gasteiger partial charge in [0, 0.05) is 18.5 Å². The topological polar surface area (TPSA) is 72.3 Å². The molecule has 160 valence electrons. The minimum absolute atomic E-state index is 0.672. The Hall–Kier alpha value is -3.80. The third kappa shape index (κ3) is 3.80. The summed E-state index contributed by atoms with van der Waals surface area (Å²) in [6.07, 6.45) is 3.31. The first-order valence-corrected chi connectivity index (χ1v) is 11.1. The number of rotatable bonds is 7. The first-order chi connectivity index (χ1) is 15.7. The molecule has 0 radical (unpaired) electrons. The molecule has 0 aliphatic carbocycles. The molecule has 0 aliphatic rings. The van der Waals surface area contributed by atoms with Crippen LogP contribution < -0.4 is 0 Å². The zero-order chi connectivity index (χ0) is 21.9. The number of nitrogens with one attached hydrogen (secondary N) is 1. The Morgan fingerprint density at radius 2 is 1.72 bits per heavy atom. The van der Waals surface area contributed by atoms with Crippen molar-refractivity contribution in [2.75, 3.05) is 0 Å². The number of fused-ring (bicyclic) bond motifs is 1. The van der Waals surface area contributed by atoms with Crippen molar-refractivity contribution < 1.29 is 0 Å². The van der Waals surface area contributed by atoms with E-state index in [2.05, 4.69) is 87.6 Å². The van der Waals surface area contributed by atoms with Gasteiger partial charge in [-0.15, -0.1) is 5.10 Å². The molecule has 2 aromatic heterocycles. The van der Waals surface area contributed by atoms with E-state index in [0.717, 1.165) is 48.0 Å². The van der Waals surface area contributed by atoms with Crippen LogP contribution >= 0.6 is 0 Å². The summed E-state index contributed by atoms with van der Waals surface area (Å²) in [5.74, 6) is 1.84. The maximum Gasteiger partial charge on any atom is 0.180 e. The Labute approximate surface area is 187 Å². The Morgan fingerprint density at radius 3 is 2.47 bits per heavy atom. The number of imidazole rings is 1. The fraction of sp³-hybridized carbons (Fsp3) is 0.231. The predicted octanol–water partition coefficient (Wildman–Crippen LogP) is 5.58. The zero-order valence-electron chi connectivity index (χ0n) is 18.4. The van der Waals surface area contributed by atoms with Gasteiger partial charge in [0.25, 0.3) is 0 Å². The van der Waals surface area contributed by atoms with Crippen molar-refractivity contribution in [1.29, 1.82) is 0 Å². The maximum atomic E-state index is 4.95. The normalized spacial score (nSPS) is 11.3. The summed E-state index contributed by atoms with van der Waals surface area (Å²) >= 11 is 0. The van der Waals surface area contributed by atoms with Crippen LogP contribution in [0.25, 0.3) is 33.5 Å². The number of aromatic nitrogens is 6.